The van der Waals surface area contributed by atoms with Crippen molar-refractivity contribution in [2.75, 3.05) is 20.3 Å². The van der Waals surface area contributed by atoms with Crippen LogP contribution in [0.4, 0.5) is 4.79 Å². The fourth-order valence-corrected chi connectivity index (χ4v) is 1.62. The molecule has 0 saturated carbocycles. The van der Waals surface area contributed by atoms with Gasteiger partial charge in [0.1, 0.15) is 6.04 Å². The van der Waals surface area contributed by atoms with Crippen molar-refractivity contribution in [3.63, 3.8) is 0 Å². The van der Waals surface area contributed by atoms with Crippen LogP contribution in [0.3, 0.4) is 0 Å². The SMILES string of the molecule is COCCNC(=O)NC(CC(C)C)c1nnc(C)o1. The molecule has 108 valence electrons. The Hall–Kier alpha value is -1.63. The van der Waals surface area contributed by atoms with Gasteiger partial charge in [-0.15, -0.1) is 10.2 Å². The van der Waals surface area contributed by atoms with Crippen molar-refractivity contribution >= 4 is 6.03 Å². The molecule has 0 aliphatic carbocycles. The van der Waals surface area contributed by atoms with Gasteiger partial charge in [0.05, 0.1) is 6.61 Å². The number of aryl methyl sites for hydroxylation is 1. The fraction of sp³-hybridized carbons (Fsp3) is 0.750. The van der Waals surface area contributed by atoms with E-state index in [1.54, 1.807) is 14.0 Å². The summed E-state index contributed by atoms with van der Waals surface area (Å²) in [6.45, 7) is 6.80. The van der Waals surface area contributed by atoms with Crippen molar-refractivity contribution in [1.82, 2.24) is 20.8 Å². The second kappa shape index (κ2) is 7.73. The minimum absolute atomic E-state index is 0.265. The van der Waals surface area contributed by atoms with E-state index in [4.69, 9.17) is 9.15 Å². The monoisotopic (exact) mass is 270 g/mol. The maximum Gasteiger partial charge on any atom is 0.315 e. The third-order valence-electron chi connectivity index (χ3n) is 2.44. The Morgan fingerprint density at radius 3 is 2.68 bits per heavy atom. The molecule has 7 heteroatoms. The number of methoxy groups -OCH3 is 1. The summed E-state index contributed by atoms with van der Waals surface area (Å²) >= 11 is 0. The molecule has 0 fully saturated rings. The molecule has 0 saturated heterocycles. The molecule has 0 spiro atoms. The van der Waals surface area contributed by atoms with E-state index in [1.165, 1.54) is 0 Å². The fourth-order valence-electron chi connectivity index (χ4n) is 1.62. The number of carbonyl (C=O) groups excluding carboxylic acids is 1. The van der Waals surface area contributed by atoms with Crippen molar-refractivity contribution in [3.8, 4) is 0 Å². The summed E-state index contributed by atoms with van der Waals surface area (Å²) in [5.74, 6) is 1.33. The van der Waals surface area contributed by atoms with Crippen molar-refractivity contribution in [2.24, 2.45) is 5.92 Å². The number of hydrogen-bond acceptors (Lipinski definition) is 5. The Kier molecular flexibility index (Phi) is 6.27. The van der Waals surface area contributed by atoms with Crippen LogP contribution in [0.2, 0.25) is 0 Å². The third-order valence-corrected chi connectivity index (χ3v) is 2.44. The van der Waals surface area contributed by atoms with Gasteiger partial charge in [-0.25, -0.2) is 4.79 Å². The first kappa shape index (κ1) is 15.4. The van der Waals surface area contributed by atoms with E-state index in [0.717, 1.165) is 6.42 Å². The van der Waals surface area contributed by atoms with E-state index in [-0.39, 0.29) is 12.1 Å². The highest BCUT2D eigenvalue weighted by molar-refractivity contribution is 5.74. The molecule has 1 aromatic rings. The molecule has 0 aromatic carbocycles. The van der Waals surface area contributed by atoms with E-state index in [1.807, 2.05) is 0 Å². The van der Waals surface area contributed by atoms with E-state index < -0.39 is 0 Å². The Labute approximate surface area is 113 Å². The molecular weight excluding hydrogens is 248 g/mol. The number of urea groups is 1. The average Bonchev–Trinajstić information content (AvgIpc) is 2.75. The number of rotatable bonds is 7. The summed E-state index contributed by atoms with van der Waals surface area (Å²) in [6, 6.07) is -0.540. The Bertz CT molecular complexity index is 392. The van der Waals surface area contributed by atoms with Gasteiger partial charge in [-0.05, 0) is 12.3 Å². The average molecular weight is 270 g/mol. The summed E-state index contributed by atoms with van der Waals surface area (Å²) in [5, 5.41) is 13.3. The lowest BCUT2D eigenvalue weighted by Gasteiger charge is -2.17. The van der Waals surface area contributed by atoms with Gasteiger partial charge in [0.15, 0.2) is 0 Å². The predicted octanol–water partition coefficient (Wildman–Crippen LogP) is 1.41. The topological polar surface area (TPSA) is 89.3 Å². The molecule has 1 atom stereocenters. The number of carbonyl (C=O) groups is 1. The molecule has 1 heterocycles. The van der Waals surface area contributed by atoms with E-state index in [9.17, 15) is 4.79 Å². The van der Waals surface area contributed by atoms with Gasteiger partial charge in [0.2, 0.25) is 11.8 Å². The van der Waals surface area contributed by atoms with Gasteiger partial charge in [0, 0.05) is 20.6 Å². The molecule has 0 bridgehead atoms. The smallest absolute Gasteiger partial charge is 0.315 e. The molecule has 1 rings (SSSR count). The summed E-state index contributed by atoms with van der Waals surface area (Å²) in [4.78, 5) is 11.7. The Balaban J connectivity index is 2.57. The van der Waals surface area contributed by atoms with Crippen LogP contribution in [0.1, 0.15) is 38.1 Å². The van der Waals surface area contributed by atoms with Crippen LogP contribution in [0.15, 0.2) is 4.42 Å². The first-order chi connectivity index (χ1) is 9.02. The minimum atomic E-state index is -0.274. The van der Waals surface area contributed by atoms with Crippen molar-refractivity contribution < 1.29 is 13.9 Å². The van der Waals surface area contributed by atoms with E-state index in [0.29, 0.717) is 30.9 Å². The highest BCUT2D eigenvalue weighted by Gasteiger charge is 2.21. The largest absolute Gasteiger partial charge is 0.423 e. The van der Waals surface area contributed by atoms with Crippen LogP contribution in [0.25, 0.3) is 0 Å². The second-order valence-electron chi connectivity index (χ2n) is 4.73. The number of nitrogens with one attached hydrogen (secondary N) is 2. The summed E-state index contributed by atoms with van der Waals surface area (Å²) in [6.07, 6.45) is 0.735. The highest BCUT2D eigenvalue weighted by Crippen LogP contribution is 2.19. The van der Waals surface area contributed by atoms with Crippen LogP contribution >= 0.6 is 0 Å². The number of aromatic nitrogens is 2. The van der Waals surface area contributed by atoms with E-state index in [2.05, 4.69) is 34.7 Å². The zero-order valence-electron chi connectivity index (χ0n) is 11.9. The van der Waals surface area contributed by atoms with Crippen LogP contribution in [-0.4, -0.2) is 36.5 Å². The Morgan fingerprint density at radius 1 is 1.42 bits per heavy atom. The molecule has 1 unspecified atom stereocenters. The van der Waals surface area contributed by atoms with Crippen molar-refractivity contribution in [2.45, 2.75) is 33.2 Å². The van der Waals surface area contributed by atoms with Gasteiger partial charge in [-0.3, -0.25) is 0 Å². The molecule has 0 aliphatic heterocycles. The summed E-state index contributed by atoms with van der Waals surface area (Å²) in [7, 11) is 1.59. The number of hydrogen-bond donors (Lipinski definition) is 2. The zero-order chi connectivity index (χ0) is 14.3. The molecule has 2 N–H and O–H groups in total. The van der Waals surface area contributed by atoms with Crippen molar-refractivity contribution in [3.05, 3.63) is 11.8 Å². The van der Waals surface area contributed by atoms with Gasteiger partial charge < -0.3 is 19.8 Å². The lowest BCUT2D eigenvalue weighted by molar-refractivity contribution is 0.194. The van der Waals surface area contributed by atoms with E-state index >= 15 is 0 Å². The van der Waals surface area contributed by atoms with Gasteiger partial charge in [-0.2, -0.15) is 0 Å². The number of ether oxygens (including phenoxy) is 1. The third kappa shape index (κ3) is 5.69. The second-order valence-corrected chi connectivity index (χ2v) is 4.73. The minimum Gasteiger partial charge on any atom is -0.423 e. The molecular formula is C12H22N4O3. The molecule has 2 amide bonds. The van der Waals surface area contributed by atoms with Crippen molar-refractivity contribution in [1.29, 1.82) is 0 Å². The predicted molar refractivity (Wildman–Crippen MR) is 69.6 cm³/mol. The molecule has 0 radical (unpaired) electrons. The maximum atomic E-state index is 11.7. The Morgan fingerprint density at radius 2 is 2.16 bits per heavy atom. The number of amides is 2. The highest BCUT2D eigenvalue weighted by atomic mass is 16.5. The molecule has 0 aliphatic rings. The van der Waals surface area contributed by atoms with Crippen LogP contribution < -0.4 is 10.6 Å². The van der Waals surface area contributed by atoms with Gasteiger partial charge in [0.25, 0.3) is 0 Å². The molecule has 7 nitrogen and oxygen atoms in total. The quantitative estimate of drug-likeness (QED) is 0.731. The molecule has 19 heavy (non-hydrogen) atoms. The first-order valence-electron chi connectivity index (χ1n) is 6.36. The number of nitrogens with zero attached hydrogens (tertiary/aromatic N) is 2. The van der Waals surface area contributed by atoms with Gasteiger partial charge in [-0.1, -0.05) is 13.8 Å². The lowest BCUT2D eigenvalue weighted by Crippen LogP contribution is -2.39. The summed E-state index contributed by atoms with van der Waals surface area (Å²) < 4.78 is 10.3. The zero-order valence-corrected chi connectivity index (χ0v) is 11.9. The van der Waals surface area contributed by atoms with Crippen LogP contribution in [0, 0.1) is 12.8 Å². The maximum absolute atomic E-state index is 11.7. The lowest BCUT2D eigenvalue weighted by atomic mass is 10.0. The van der Waals surface area contributed by atoms with Gasteiger partial charge >= 0.3 is 6.03 Å². The molecule has 1 aromatic heterocycles. The normalized spacial score (nSPS) is 12.5. The first-order valence-corrected chi connectivity index (χ1v) is 6.36. The van der Waals surface area contributed by atoms with Crippen LogP contribution in [0.5, 0.6) is 0 Å². The van der Waals surface area contributed by atoms with Crippen LogP contribution in [-0.2, 0) is 4.74 Å². The summed E-state index contributed by atoms with van der Waals surface area (Å²) in [5.41, 5.74) is 0. The standard InChI is InChI=1S/C12H22N4O3/c1-8(2)7-10(11-16-15-9(3)19-11)14-12(17)13-5-6-18-4/h8,10H,5-7H2,1-4H3,(H2,13,14,17).